The minimum absolute atomic E-state index is 0.0160. The lowest BCUT2D eigenvalue weighted by atomic mass is 10.1. The van der Waals surface area contributed by atoms with E-state index >= 15 is 0 Å². The van der Waals surface area contributed by atoms with Crippen LogP contribution in [0.2, 0.25) is 0 Å². The van der Waals surface area contributed by atoms with Gasteiger partial charge in [-0.1, -0.05) is 6.92 Å². The molecule has 1 amide bonds. The van der Waals surface area contributed by atoms with Crippen LogP contribution >= 0.6 is 0 Å². The largest absolute Gasteiger partial charge is 0.389 e. The van der Waals surface area contributed by atoms with Crippen LogP contribution in [0.4, 0.5) is 19.0 Å². The Hall–Kier alpha value is -1.79. The molecule has 0 bridgehead atoms. The highest BCUT2D eigenvalue weighted by Crippen LogP contribution is 2.21. The van der Waals surface area contributed by atoms with Crippen molar-refractivity contribution in [1.29, 1.82) is 0 Å². The maximum atomic E-state index is 12.0. The number of rotatable bonds is 7. The molecule has 1 heterocycles. The number of unbranched alkanes of at least 4 members (excludes halogenated alkanes) is 1. The number of hydrogen-bond acceptors (Lipinski definition) is 3. The Bertz CT molecular complexity index is 453. The third-order valence-electron chi connectivity index (χ3n) is 2.93. The van der Waals surface area contributed by atoms with Crippen LogP contribution in [0.1, 0.15) is 42.2 Å². The molecule has 0 aliphatic carbocycles. The number of carbonyl (C=O) groups excluding carboxylic acids is 1. The number of anilines is 1. The van der Waals surface area contributed by atoms with Crippen molar-refractivity contribution in [1.82, 2.24) is 10.3 Å². The maximum Gasteiger partial charge on any atom is 0.389 e. The van der Waals surface area contributed by atoms with Gasteiger partial charge in [-0.25, -0.2) is 4.98 Å². The van der Waals surface area contributed by atoms with Gasteiger partial charge in [-0.2, -0.15) is 13.2 Å². The third kappa shape index (κ3) is 6.46. The average Bonchev–Trinajstić information content (AvgIpc) is 2.44. The predicted molar refractivity (Wildman–Crippen MR) is 75.4 cm³/mol. The number of halogens is 3. The number of aryl methyl sites for hydroxylation is 1. The summed E-state index contributed by atoms with van der Waals surface area (Å²) in [5, 5.41) is 5.50. The Labute approximate surface area is 122 Å². The van der Waals surface area contributed by atoms with Gasteiger partial charge in [0.1, 0.15) is 5.82 Å². The number of hydrogen-bond donors (Lipinski definition) is 2. The van der Waals surface area contributed by atoms with E-state index in [0.29, 0.717) is 24.2 Å². The number of carbonyl (C=O) groups is 1. The summed E-state index contributed by atoms with van der Waals surface area (Å²) in [6.45, 7) is 2.16. The first-order valence-electron chi connectivity index (χ1n) is 6.89. The number of nitrogens with zero attached hydrogens (tertiary/aromatic N) is 1. The Morgan fingerprint density at radius 2 is 2.00 bits per heavy atom. The normalized spacial score (nSPS) is 11.3. The van der Waals surface area contributed by atoms with E-state index in [1.54, 1.807) is 19.2 Å². The fourth-order valence-corrected chi connectivity index (χ4v) is 1.78. The number of pyridine rings is 1. The van der Waals surface area contributed by atoms with Gasteiger partial charge < -0.3 is 10.6 Å². The van der Waals surface area contributed by atoms with E-state index in [-0.39, 0.29) is 18.9 Å². The molecule has 1 aromatic heterocycles. The van der Waals surface area contributed by atoms with Crippen LogP contribution in [-0.2, 0) is 6.42 Å². The molecule has 0 aliphatic heterocycles. The summed E-state index contributed by atoms with van der Waals surface area (Å²) in [6.07, 6.45) is -3.94. The Morgan fingerprint density at radius 3 is 2.57 bits per heavy atom. The lowest BCUT2D eigenvalue weighted by molar-refractivity contribution is -0.135. The molecule has 1 aromatic rings. The molecule has 21 heavy (non-hydrogen) atoms. The summed E-state index contributed by atoms with van der Waals surface area (Å²) in [4.78, 5) is 16.2. The van der Waals surface area contributed by atoms with Crippen molar-refractivity contribution in [2.45, 2.75) is 38.8 Å². The lowest BCUT2D eigenvalue weighted by Gasteiger charge is -2.09. The monoisotopic (exact) mass is 303 g/mol. The van der Waals surface area contributed by atoms with Crippen molar-refractivity contribution in [2.75, 3.05) is 18.9 Å². The predicted octanol–water partition coefficient (Wildman–Crippen LogP) is 3.15. The SMILES string of the molecule is CCc1cc(C(=O)NCCCCC(F)(F)F)cc(NC)n1. The summed E-state index contributed by atoms with van der Waals surface area (Å²) >= 11 is 0. The van der Waals surface area contributed by atoms with Crippen molar-refractivity contribution in [2.24, 2.45) is 0 Å². The van der Waals surface area contributed by atoms with Crippen LogP contribution in [0.15, 0.2) is 12.1 Å². The van der Waals surface area contributed by atoms with Crippen LogP contribution in [0.25, 0.3) is 0 Å². The van der Waals surface area contributed by atoms with E-state index in [2.05, 4.69) is 15.6 Å². The van der Waals surface area contributed by atoms with Crippen molar-refractivity contribution >= 4 is 11.7 Å². The van der Waals surface area contributed by atoms with E-state index < -0.39 is 12.6 Å². The minimum Gasteiger partial charge on any atom is -0.373 e. The molecule has 0 radical (unpaired) electrons. The number of amides is 1. The zero-order valence-electron chi connectivity index (χ0n) is 12.2. The first-order chi connectivity index (χ1) is 9.85. The summed E-state index contributed by atoms with van der Waals surface area (Å²) in [5.41, 5.74) is 1.24. The average molecular weight is 303 g/mol. The van der Waals surface area contributed by atoms with E-state index in [4.69, 9.17) is 0 Å². The Kier molecular flexibility index (Phi) is 6.45. The maximum absolute atomic E-state index is 12.0. The fourth-order valence-electron chi connectivity index (χ4n) is 1.78. The summed E-state index contributed by atoms with van der Waals surface area (Å²) < 4.78 is 35.9. The molecular formula is C14H20F3N3O. The zero-order valence-corrected chi connectivity index (χ0v) is 12.2. The molecule has 0 saturated heterocycles. The second kappa shape index (κ2) is 7.85. The quantitative estimate of drug-likeness (QED) is 0.761. The lowest BCUT2D eigenvalue weighted by Crippen LogP contribution is -2.25. The zero-order chi connectivity index (χ0) is 15.9. The van der Waals surface area contributed by atoms with E-state index in [1.165, 1.54) is 0 Å². The minimum atomic E-state index is -4.13. The molecule has 0 aliphatic rings. The molecule has 0 unspecified atom stereocenters. The Morgan fingerprint density at radius 1 is 1.29 bits per heavy atom. The molecular weight excluding hydrogens is 283 g/mol. The van der Waals surface area contributed by atoms with E-state index in [1.807, 2.05) is 6.92 Å². The second-order valence-electron chi connectivity index (χ2n) is 4.66. The molecule has 0 spiro atoms. The molecule has 4 nitrogen and oxygen atoms in total. The van der Waals surface area contributed by atoms with Crippen molar-refractivity contribution in [3.8, 4) is 0 Å². The number of alkyl halides is 3. The number of aromatic nitrogens is 1. The molecule has 0 fully saturated rings. The second-order valence-corrected chi connectivity index (χ2v) is 4.66. The van der Waals surface area contributed by atoms with Gasteiger partial charge in [-0.05, 0) is 31.4 Å². The topological polar surface area (TPSA) is 54.0 Å². The van der Waals surface area contributed by atoms with Crippen molar-refractivity contribution in [3.05, 3.63) is 23.4 Å². The molecule has 0 saturated carbocycles. The summed E-state index contributed by atoms with van der Waals surface area (Å²) in [5.74, 6) is 0.298. The molecule has 0 atom stereocenters. The van der Waals surface area contributed by atoms with Gasteiger partial charge in [-0.15, -0.1) is 0 Å². The molecule has 1 rings (SSSR count). The highest BCUT2D eigenvalue weighted by atomic mass is 19.4. The first-order valence-corrected chi connectivity index (χ1v) is 6.89. The number of nitrogens with one attached hydrogen (secondary N) is 2. The van der Waals surface area contributed by atoms with Gasteiger partial charge in [0.2, 0.25) is 0 Å². The van der Waals surface area contributed by atoms with Gasteiger partial charge in [0, 0.05) is 31.3 Å². The van der Waals surface area contributed by atoms with Crippen molar-refractivity contribution in [3.63, 3.8) is 0 Å². The van der Waals surface area contributed by atoms with Gasteiger partial charge in [0.15, 0.2) is 0 Å². The van der Waals surface area contributed by atoms with Gasteiger partial charge >= 0.3 is 6.18 Å². The Balaban J connectivity index is 2.48. The van der Waals surface area contributed by atoms with Crippen LogP contribution in [0.5, 0.6) is 0 Å². The summed E-state index contributed by atoms with van der Waals surface area (Å²) in [6, 6.07) is 3.30. The summed E-state index contributed by atoms with van der Waals surface area (Å²) in [7, 11) is 1.71. The van der Waals surface area contributed by atoms with Crippen LogP contribution in [0, 0.1) is 0 Å². The van der Waals surface area contributed by atoms with Gasteiger partial charge in [0.05, 0.1) is 0 Å². The van der Waals surface area contributed by atoms with E-state index in [0.717, 1.165) is 5.69 Å². The molecule has 118 valence electrons. The first kappa shape index (κ1) is 17.3. The molecule has 2 N–H and O–H groups in total. The fraction of sp³-hybridized carbons (Fsp3) is 0.571. The third-order valence-corrected chi connectivity index (χ3v) is 2.93. The van der Waals surface area contributed by atoms with Crippen LogP contribution in [-0.4, -0.2) is 30.7 Å². The van der Waals surface area contributed by atoms with Gasteiger partial charge in [-0.3, -0.25) is 4.79 Å². The highest BCUT2D eigenvalue weighted by molar-refractivity contribution is 5.94. The van der Waals surface area contributed by atoms with Crippen LogP contribution < -0.4 is 10.6 Å². The molecule has 7 heteroatoms. The highest BCUT2D eigenvalue weighted by Gasteiger charge is 2.25. The van der Waals surface area contributed by atoms with E-state index in [9.17, 15) is 18.0 Å². The standard InChI is InChI=1S/C14H20F3N3O/c1-3-11-8-10(9-12(18-2)20-11)13(21)19-7-5-4-6-14(15,16)17/h8-9H,3-7H2,1-2H3,(H,18,20)(H,19,21). The van der Waals surface area contributed by atoms with Gasteiger partial charge in [0.25, 0.3) is 5.91 Å². The van der Waals surface area contributed by atoms with Crippen molar-refractivity contribution < 1.29 is 18.0 Å². The van der Waals surface area contributed by atoms with Crippen LogP contribution in [0.3, 0.4) is 0 Å². The smallest absolute Gasteiger partial charge is 0.373 e. The molecule has 0 aromatic carbocycles.